The fourth-order valence-electron chi connectivity index (χ4n) is 2.98. The van der Waals surface area contributed by atoms with Crippen LogP contribution in [0.25, 0.3) is 10.9 Å². The Morgan fingerprint density at radius 1 is 1.15 bits per heavy atom. The first kappa shape index (κ1) is 13.5. The van der Waals surface area contributed by atoms with Crippen molar-refractivity contribution in [3.8, 4) is 0 Å². The molecule has 1 fully saturated rings. The van der Waals surface area contributed by atoms with Gasteiger partial charge in [0.25, 0.3) is 0 Å². The third-order valence-electron chi connectivity index (χ3n) is 3.70. The van der Waals surface area contributed by atoms with Gasteiger partial charge in [0.2, 0.25) is 0 Å². The summed E-state index contributed by atoms with van der Waals surface area (Å²) in [5, 5.41) is 1.14. The third kappa shape index (κ3) is 2.81. The van der Waals surface area contributed by atoms with Crippen molar-refractivity contribution in [1.29, 1.82) is 0 Å². The van der Waals surface area contributed by atoms with Crippen LogP contribution in [0.4, 0.5) is 0 Å². The van der Waals surface area contributed by atoms with Crippen LogP contribution in [0.15, 0.2) is 24.3 Å². The van der Waals surface area contributed by atoms with E-state index in [0.717, 1.165) is 42.1 Å². The van der Waals surface area contributed by atoms with E-state index in [1.807, 2.05) is 12.1 Å². The van der Waals surface area contributed by atoms with Gasteiger partial charge in [0.15, 0.2) is 0 Å². The molecule has 0 unspecified atom stereocenters. The summed E-state index contributed by atoms with van der Waals surface area (Å²) in [6.45, 7) is 8.98. The minimum Gasteiger partial charge on any atom is -0.373 e. The number of benzene rings is 1. The fourth-order valence-corrected chi connectivity index (χ4v) is 2.98. The maximum atomic E-state index is 5.77. The molecule has 0 bridgehead atoms. The van der Waals surface area contributed by atoms with E-state index < -0.39 is 0 Å². The number of morpholine rings is 1. The van der Waals surface area contributed by atoms with Gasteiger partial charge < -0.3 is 4.74 Å². The van der Waals surface area contributed by atoms with Crippen molar-refractivity contribution in [3.05, 3.63) is 35.8 Å². The average molecular weight is 271 g/mol. The summed E-state index contributed by atoms with van der Waals surface area (Å²) in [5.74, 6) is 0.905. The van der Waals surface area contributed by atoms with Crippen molar-refractivity contribution in [1.82, 2.24) is 14.9 Å². The van der Waals surface area contributed by atoms with E-state index in [2.05, 4.69) is 47.8 Å². The van der Waals surface area contributed by atoms with Gasteiger partial charge in [-0.15, -0.1) is 0 Å². The quantitative estimate of drug-likeness (QED) is 0.841. The molecule has 3 rings (SSSR count). The first-order chi connectivity index (χ1) is 9.61. The lowest BCUT2D eigenvalue weighted by Crippen LogP contribution is -2.45. The summed E-state index contributed by atoms with van der Waals surface area (Å²) in [6, 6.07) is 8.19. The average Bonchev–Trinajstić information content (AvgIpc) is 2.37. The van der Waals surface area contributed by atoms with Crippen molar-refractivity contribution < 1.29 is 4.74 Å². The third-order valence-corrected chi connectivity index (χ3v) is 3.70. The molecule has 0 spiro atoms. The van der Waals surface area contributed by atoms with Gasteiger partial charge in [0.1, 0.15) is 5.82 Å². The first-order valence-corrected chi connectivity index (χ1v) is 7.22. The maximum Gasteiger partial charge on any atom is 0.143 e. The Morgan fingerprint density at radius 2 is 1.85 bits per heavy atom. The van der Waals surface area contributed by atoms with Crippen LogP contribution in [-0.4, -0.2) is 40.2 Å². The van der Waals surface area contributed by atoms with Crippen LogP contribution in [0.2, 0.25) is 0 Å². The van der Waals surface area contributed by atoms with Gasteiger partial charge in [-0.1, -0.05) is 18.2 Å². The number of aryl methyl sites for hydroxylation is 1. The van der Waals surface area contributed by atoms with Crippen LogP contribution in [0.1, 0.15) is 25.4 Å². The maximum absolute atomic E-state index is 5.77. The predicted octanol–water partition coefficient (Wildman–Crippen LogP) is 2.55. The second-order valence-electron chi connectivity index (χ2n) is 5.69. The van der Waals surface area contributed by atoms with Crippen molar-refractivity contribution in [3.63, 3.8) is 0 Å². The Bertz CT molecular complexity index is 604. The highest BCUT2D eigenvalue weighted by Crippen LogP contribution is 2.17. The Morgan fingerprint density at radius 3 is 2.60 bits per heavy atom. The van der Waals surface area contributed by atoms with E-state index in [1.165, 1.54) is 0 Å². The molecule has 20 heavy (non-hydrogen) atoms. The molecule has 106 valence electrons. The minimum atomic E-state index is 0.278. The van der Waals surface area contributed by atoms with E-state index in [9.17, 15) is 0 Å². The van der Waals surface area contributed by atoms with Gasteiger partial charge in [-0.05, 0) is 26.8 Å². The summed E-state index contributed by atoms with van der Waals surface area (Å²) in [4.78, 5) is 11.7. The second-order valence-corrected chi connectivity index (χ2v) is 5.69. The van der Waals surface area contributed by atoms with Crippen molar-refractivity contribution in [2.24, 2.45) is 0 Å². The smallest absolute Gasteiger partial charge is 0.143 e. The lowest BCUT2D eigenvalue weighted by molar-refractivity contribution is -0.0710. The molecule has 1 saturated heterocycles. The number of nitrogens with zero attached hydrogens (tertiary/aromatic N) is 3. The van der Waals surface area contributed by atoms with Crippen LogP contribution in [0.3, 0.4) is 0 Å². The van der Waals surface area contributed by atoms with Gasteiger partial charge in [-0.25, -0.2) is 9.97 Å². The van der Waals surface area contributed by atoms with Crippen LogP contribution in [-0.2, 0) is 11.3 Å². The number of para-hydroxylation sites is 1. The predicted molar refractivity (Wildman–Crippen MR) is 79.6 cm³/mol. The monoisotopic (exact) mass is 271 g/mol. The van der Waals surface area contributed by atoms with Crippen molar-refractivity contribution in [2.75, 3.05) is 13.1 Å². The highest BCUT2D eigenvalue weighted by molar-refractivity contribution is 5.80. The molecule has 0 aliphatic carbocycles. The van der Waals surface area contributed by atoms with Crippen molar-refractivity contribution in [2.45, 2.75) is 39.5 Å². The Labute approximate surface area is 119 Å². The van der Waals surface area contributed by atoms with Crippen LogP contribution in [0.5, 0.6) is 0 Å². The summed E-state index contributed by atoms with van der Waals surface area (Å²) < 4.78 is 5.77. The van der Waals surface area contributed by atoms with E-state index in [1.54, 1.807) is 0 Å². The molecule has 0 amide bonds. The molecule has 2 atom stereocenters. The topological polar surface area (TPSA) is 38.2 Å². The van der Waals surface area contributed by atoms with E-state index in [4.69, 9.17) is 4.74 Å². The van der Waals surface area contributed by atoms with Gasteiger partial charge >= 0.3 is 0 Å². The van der Waals surface area contributed by atoms with Crippen molar-refractivity contribution >= 4 is 10.9 Å². The zero-order valence-corrected chi connectivity index (χ0v) is 12.3. The Kier molecular flexibility index (Phi) is 3.68. The SMILES string of the molecule is Cc1nc(CN2C[C@H](C)O[C@@H](C)C2)nc2ccccc12. The molecule has 0 N–H and O–H groups in total. The van der Waals surface area contributed by atoms with Gasteiger partial charge in [-0.2, -0.15) is 0 Å². The van der Waals surface area contributed by atoms with Crippen LogP contribution in [0, 0.1) is 6.92 Å². The summed E-state index contributed by atoms with van der Waals surface area (Å²) >= 11 is 0. The summed E-state index contributed by atoms with van der Waals surface area (Å²) in [5.41, 5.74) is 2.09. The number of hydrogen-bond donors (Lipinski definition) is 0. The highest BCUT2D eigenvalue weighted by atomic mass is 16.5. The number of ether oxygens (including phenoxy) is 1. The van der Waals surface area contributed by atoms with E-state index >= 15 is 0 Å². The Hall–Kier alpha value is -1.52. The highest BCUT2D eigenvalue weighted by Gasteiger charge is 2.22. The molecule has 4 nitrogen and oxygen atoms in total. The molecule has 4 heteroatoms. The van der Waals surface area contributed by atoms with E-state index in [0.29, 0.717) is 0 Å². The summed E-state index contributed by atoms with van der Waals surface area (Å²) in [6.07, 6.45) is 0.556. The van der Waals surface area contributed by atoms with E-state index in [-0.39, 0.29) is 12.2 Å². The normalized spacial score (nSPS) is 24.1. The molecule has 0 saturated carbocycles. The fraction of sp³-hybridized carbons (Fsp3) is 0.500. The zero-order valence-electron chi connectivity index (χ0n) is 12.3. The second kappa shape index (κ2) is 5.46. The molecule has 2 aromatic rings. The lowest BCUT2D eigenvalue weighted by atomic mass is 10.2. The molecule has 1 aliphatic heterocycles. The number of rotatable bonds is 2. The zero-order chi connectivity index (χ0) is 14.1. The minimum absolute atomic E-state index is 0.278. The van der Waals surface area contributed by atoms with Crippen LogP contribution >= 0.6 is 0 Å². The molecule has 1 aromatic heterocycles. The van der Waals surface area contributed by atoms with Gasteiger partial charge in [-0.3, -0.25) is 4.90 Å². The van der Waals surface area contributed by atoms with Gasteiger partial charge in [0, 0.05) is 24.2 Å². The molecule has 1 aliphatic rings. The Balaban J connectivity index is 1.84. The standard InChI is InChI=1S/C16H21N3O/c1-11-8-19(9-12(2)20-11)10-16-17-13(3)14-6-4-5-7-15(14)18-16/h4-7,11-12H,8-10H2,1-3H3/t11-,12-/m0/s1. The van der Waals surface area contributed by atoms with Gasteiger partial charge in [0.05, 0.1) is 24.3 Å². The number of aromatic nitrogens is 2. The molecule has 0 radical (unpaired) electrons. The molecule has 1 aromatic carbocycles. The number of fused-ring (bicyclic) bond motifs is 1. The summed E-state index contributed by atoms with van der Waals surface area (Å²) in [7, 11) is 0. The lowest BCUT2D eigenvalue weighted by Gasteiger charge is -2.34. The molecular formula is C16H21N3O. The largest absolute Gasteiger partial charge is 0.373 e. The molecular weight excluding hydrogens is 250 g/mol. The number of hydrogen-bond acceptors (Lipinski definition) is 4. The molecule has 2 heterocycles. The first-order valence-electron chi connectivity index (χ1n) is 7.22. The van der Waals surface area contributed by atoms with Crippen LogP contribution < -0.4 is 0 Å².